The molecule has 0 saturated carbocycles. The maximum atomic E-state index is 12.9. The number of amides is 1. The van der Waals surface area contributed by atoms with Crippen LogP contribution < -0.4 is 20.5 Å². The van der Waals surface area contributed by atoms with Crippen molar-refractivity contribution < 1.29 is 9.53 Å². The van der Waals surface area contributed by atoms with Crippen molar-refractivity contribution in [1.82, 2.24) is 19.9 Å². The maximum Gasteiger partial charge on any atom is 0.288 e. The predicted molar refractivity (Wildman–Crippen MR) is 120 cm³/mol. The third-order valence-corrected chi connectivity index (χ3v) is 6.73. The number of hydrogen-bond acceptors (Lipinski definition) is 7. The van der Waals surface area contributed by atoms with Crippen LogP contribution in [0.1, 0.15) is 35.7 Å². The molecule has 2 aromatic heterocycles. The Hall–Kier alpha value is -2.46. The van der Waals surface area contributed by atoms with Crippen molar-refractivity contribution in [3.63, 3.8) is 0 Å². The van der Waals surface area contributed by atoms with Crippen molar-refractivity contribution in [2.75, 3.05) is 25.1 Å². The van der Waals surface area contributed by atoms with Gasteiger partial charge in [0.25, 0.3) is 11.5 Å². The SMILES string of the molecule is COc1ccc(Br)cc1CNC(=O)c1cnc2sc(N3CCC(C)CC3)nn2c1=O. The van der Waals surface area contributed by atoms with Crippen LogP contribution in [0.25, 0.3) is 4.96 Å². The summed E-state index contributed by atoms with van der Waals surface area (Å²) in [5, 5.41) is 7.98. The molecule has 1 aliphatic heterocycles. The standard InChI is InChI=1S/C20H22BrN5O3S/c1-12-5-7-25(8-6-12)20-24-26-18(28)15(11-23-19(26)30-20)17(27)22-10-13-9-14(21)3-4-16(13)29-2/h3-4,9,11-12H,5-8,10H2,1-2H3,(H,22,27). The van der Waals surface area contributed by atoms with Crippen molar-refractivity contribution in [1.29, 1.82) is 0 Å². The van der Waals surface area contributed by atoms with E-state index < -0.39 is 11.5 Å². The molecule has 1 amide bonds. The van der Waals surface area contributed by atoms with E-state index >= 15 is 0 Å². The highest BCUT2D eigenvalue weighted by molar-refractivity contribution is 9.10. The van der Waals surface area contributed by atoms with Gasteiger partial charge >= 0.3 is 0 Å². The minimum atomic E-state index is -0.495. The fourth-order valence-electron chi connectivity index (χ4n) is 3.42. The molecule has 0 unspecified atom stereocenters. The van der Waals surface area contributed by atoms with E-state index in [1.54, 1.807) is 7.11 Å². The van der Waals surface area contributed by atoms with Crippen molar-refractivity contribution in [2.45, 2.75) is 26.3 Å². The number of fused-ring (bicyclic) bond motifs is 1. The van der Waals surface area contributed by atoms with Crippen LogP contribution in [0, 0.1) is 5.92 Å². The van der Waals surface area contributed by atoms with Crippen LogP contribution in [0.15, 0.2) is 33.7 Å². The Kier molecular flexibility index (Phi) is 6.05. The first kappa shape index (κ1) is 20.8. The number of methoxy groups -OCH3 is 1. The van der Waals surface area contributed by atoms with Crippen molar-refractivity contribution >= 4 is 43.3 Å². The molecule has 1 fully saturated rings. The molecule has 3 heterocycles. The topological polar surface area (TPSA) is 88.8 Å². The minimum absolute atomic E-state index is 0.0365. The molecule has 158 valence electrons. The second kappa shape index (κ2) is 8.73. The summed E-state index contributed by atoms with van der Waals surface area (Å²) in [6, 6.07) is 5.53. The van der Waals surface area contributed by atoms with Gasteiger partial charge in [-0.15, -0.1) is 5.10 Å². The predicted octanol–water partition coefficient (Wildman–Crippen LogP) is 3.09. The van der Waals surface area contributed by atoms with Crippen molar-refractivity contribution in [3.05, 3.63) is 50.3 Å². The van der Waals surface area contributed by atoms with E-state index in [1.807, 2.05) is 18.2 Å². The van der Waals surface area contributed by atoms with Gasteiger partial charge < -0.3 is 15.0 Å². The van der Waals surface area contributed by atoms with Crippen LogP contribution in [0.2, 0.25) is 0 Å². The van der Waals surface area contributed by atoms with Gasteiger partial charge in [0.1, 0.15) is 11.3 Å². The molecule has 1 N–H and O–H groups in total. The number of carbonyl (C=O) groups excluding carboxylic acids is 1. The Labute approximate surface area is 186 Å². The van der Waals surface area contributed by atoms with Crippen molar-refractivity contribution in [2.24, 2.45) is 5.92 Å². The van der Waals surface area contributed by atoms with E-state index in [-0.39, 0.29) is 12.1 Å². The highest BCUT2D eigenvalue weighted by Crippen LogP contribution is 2.26. The van der Waals surface area contributed by atoms with Gasteiger partial charge in [-0.25, -0.2) is 4.98 Å². The van der Waals surface area contributed by atoms with E-state index in [1.165, 1.54) is 22.0 Å². The quantitative estimate of drug-likeness (QED) is 0.589. The average Bonchev–Trinajstić information content (AvgIpc) is 3.18. The number of ether oxygens (including phenoxy) is 1. The largest absolute Gasteiger partial charge is 0.496 e. The third kappa shape index (κ3) is 4.20. The zero-order valence-electron chi connectivity index (χ0n) is 16.7. The Morgan fingerprint density at radius 2 is 2.13 bits per heavy atom. The molecule has 0 bridgehead atoms. The lowest BCUT2D eigenvalue weighted by Gasteiger charge is -2.29. The first-order valence-electron chi connectivity index (χ1n) is 9.70. The van der Waals surface area contributed by atoms with Gasteiger partial charge in [0.05, 0.1) is 7.11 Å². The van der Waals surface area contributed by atoms with Crippen LogP contribution in [0.4, 0.5) is 5.13 Å². The van der Waals surface area contributed by atoms with E-state index in [0.717, 1.165) is 41.1 Å². The van der Waals surface area contributed by atoms with Crippen LogP contribution >= 0.6 is 27.3 Å². The first-order chi connectivity index (χ1) is 14.5. The molecule has 1 aliphatic rings. The van der Waals surface area contributed by atoms with Crippen LogP contribution in [0.5, 0.6) is 5.75 Å². The lowest BCUT2D eigenvalue weighted by atomic mass is 10.00. The lowest BCUT2D eigenvalue weighted by molar-refractivity contribution is 0.0948. The number of rotatable bonds is 5. The van der Waals surface area contributed by atoms with Crippen molar-refractivity contribution in [3.8, 4) is 5.75 Å². The highest BCUT2D eigenvalue weighted by Gasteiger charge is 2.21. The molecule has 1 aromatic carbocycles. The van der Waals surface area contributed by atoms with Gasteiger partial charge in [0.2, 0.25) is 10.1 Å². The van der Waals surface area contributed by atoms with Gasteiger partial charge in [0.15, 0.2) is 0 Å². The number of halogens is 1. The van der Waals surface area contributed by atoms with E-state index in [4.69, 9.17) is 4.74 Å². The van der Waals surface area contributed by atoms with E-state index in [0.29, 0.717) is 16.6 Å². The van der Waals surface area contributed by atoms with Gasteiger partial charge in [-0.3, -0.25) is 9.59 Å². The number of hydrogen-bond donors (Lipinski definition) is 1. The molecular weight excluding hydrogens is 470 g/mol. The Morgan fingerprint density at radius 1 is 1.37 bits per heavy atom. The summed E-state index contributed by atoms with van der Waals surface area (Å²) in [5.74, 6) is 0.865. The molecule has 0 spiro atoms. The van der Waals surface area contributed by atoms with Gasteiger partial charge in [-0.05, 0) is 37.0 Å². The number of nitrogens with one attached hydrogen (secondary N) is 1. The molecule has 4 rings (SSSR count). The minimum Gasteiger partial charge on any atom is -0.496 e. The average molecular weight is 492 g/mol. The Bertz CT molecular complexity index is 1140. The summed E-state index contributed by atoms with van der Waals surface area (Å²) in [6.07, 6.45) is 3.53. The monoisotopic (exact) mass is 491 g/mol. The third-order valence-electron chi connectivity index (χ3n) is 5.26. The van der Waals surface area contributed by atoms with Crippen LogP contribution in [-0.2, 0) is 6.54 Å². The molecule has 30 heavy (non-hydrogen) atoms. The van der Waals surface area contributed by atoms with E-state index in [9.17, 15) is 9.59 Å². The molecule has 0 atom stereocenters. The number of nitrogens with zero attached hydrogens (tertiary/aromatic N) is 4. The summed E-state index contributed by atoms with van der Waals surface area (Å²) in [5.41, 5.74) is 0.293. The number of carbonyl (C=O) groups is 1. The second-order valence-electron chi connectivity index (χ2n) is 7.36. The molecule has 10 heteroatoms. The number of piperidine rings is 1. The second-order valence-corrected chi connectivity index (χ2v) is 9.21. The summed E-state index contributed by atoms with van der Waals surface area (Å²) in [7, 11) is 1.57. The molecule has 3 aromatic rings. The summed E-state index contributed by atoms with van der Waals surface area (Å²) in [6.45, 7) is 4.29. The number of benzene rings is 1. The number of anilines is 1. The normalized spacial score (nSPS) is 14.8. The van der Waals surface area contributed by atoms with Gasteiger partial charge in [0, 0.05) is 35.9 Å². The summed E-state index contributed by atoms with van der Waals surface area (Å²) >= 11 is 4.78. The van der Waals surface area contributed by atoms with Crippen LogP contribution in [-0.4, -0.2) is 40.7 Å². The lowest BCUT2D eigenvalue weighted by Crippen LogP contribution is -2.33. The zero-order chi connectivity index (χ0) is 21.3. The van der Waals surface area contributed by atoms with Crippen LogP contribution in [0.3, 0.4) is 0 Å². The molecular formula is C20H22BrN5O3S. The highest BCUT2D eigenvalue weighted by atomic mass is 79.9. The summed E-state index contributed by atoms with van der Waals surface area (Å²) in [4.78, 5) is 32.5. The molecule has 0 radical (unpaired) electrons. The Balaban J connectivity index is 1.54. The zero-order valence-corrected chi connectivity index (χ0v) is 19.1. The van der Waals surface area contributed by atoms with Gasteiger partial charge in [-0.1, -0.05) is 34.2 Å². The van der Waals surface area contributed by atoms with E-state index in [2.05, 4.69) is 43.2 Å². The molecule has 8 nitrogen and oxygen atoms in total. The summed E-state index contributed by atoms with van der Waals surface area (Å²) < 4.78 is 7.42. The first-order valence-corrected chi connectivity index (χ1v) is 11.3. The van der Waals surface area contributed by atoms with Gasteiger partial charge in [-0.2, -0.15) is 4.52 Å². The molecule has 1 saturated heterocycles. The fraction of sp³-hybridized carbons (Fsp3) is 0.400. The fourth-order valence-corrected chi connectivity index (χ4v) is 4.74. The maximum absolute atomic E-state index is 12.9. The smallest absolute Gasteiger partial charge is 0.288 e. The Morgan fingerprint density at radius 3 is 2.87 bits per heavy atom. The number of aromatic nitrogens is 3. The molecule has 0 aliphatic carbocycles.